The average Bonchev–Trinajstić information content (AvgIpc) is 3.50. The summed E-state index contributed by atoms with van der Waals surface area (Å²) in [5, 5.41) is 7.17. The molecule has 3 heterocycles. The number of nitrogens with zero attached hydrogens (tertiary/aromatic N) is 3. The third-order valence-electron chi connectivity index (χ3n) is 7.51. The van der Waals surface area contributed by atoms with Crippen LogP contribution in [0.1, 0.15) is 60.0 Å². The van der Waals surface area contributed by atoms with Gasteiger partial charge in [0.1, 0.15) is 17.3 Å². The van der Waals surface area contributed by atoms with E-state index in [4.69, 9.17) is 14.0 Å². The Hall–Kier alpha value is -3.69. The van der Waals surface area contributed by atoms with Crippen molar-refractivity contribution in [1.29, 1.82) is 0 Å². The molecule has 0 unspecified atom stereocenters. The van der Waals surface area contributed by atoms with Crippen molar-refractivity contribution in [3.63, 3.8) is 0 Å². The van der Waals surface area contributed by atoms with E-state index in [1.807, 2.05) is 56.3 Å². The van der Waals surface area contributed by atoms with Crippen molar-refractivity contribution in [2.75, 3.05) is 19.6 Å². The van der Waals surface area contributed by atoms with E-state index in [2.05, 4.69) is 21.4 Å². The molecule has 1 saturated heterocycles. The first-order valence-electron chi connectivity index (χ1n) is 13.7. The van der Waals surface area contributed by atoms with E-state index < -0.39 is 0 Å². The quantitative estimate of drug-likeness (QED) is 0.545. The van der Waals surface area contributed by atoms with Crippen LogP contribution in [-0.2, 0) is 22.7 Å². The third-order valence-corrected chi connectivity index (χ3v) is 7.51. The molecule has 9 nitrogen and oxygen atoms in total. The summed E-state index contributed by atoms with van der Waals surface area (Å²) < 4.78 is 17.8. The van der Waals surface area contributed by atoms with E-state index in [1.165, 1.54) is 0 Å². The molecule has 2 aliphatic heterocycles. The Kier molecular flexibility index (Phi) is 7.10. The van der Waals surface area contributed by atoms with Crippen LogP contribution in [0.15, 0.2) is 59.1 Å². The molecule has 2 aromatic carbocycles. The van der Waals surface area contributed by atoms with Gasteiger partial charge in [-0.15, -0.1) is 0 Å². The van der Waals surface area contributed by atoms with Crippen molar-refractivity contribution >= 4 is 11.8 Å². The summed E-state index contributed by atoms with van der Waals surface area (Å²) in [6.45, 7) is 5.94. The Morgan fingerprint density at radius 2 is 1.74 bits per heavy atom. The van der Waals surface area contributed by atoms with Crippen LogP contribution in [0.5, 0.6) is 11.5 Å². The molecular formula is C30H34N4O5. The molecule has 0 spiro atoms. The van der Waals surface area contributed by atoms with Crippen LogP contribution in [0.2, 0.25) is 0 Å². The van der Waals surface area contributed by atoms with E-state index in [0.29, 0.717) is 38.0 Å². The zero-order chi connectivity index (χ0) is 26.9. The summed E-state index contributed by atoms with van der Waals surface area (Å²) in [7, 11) is 0. The highest BCUT2D eigenvalue weighted by molar-refractivity contribution is 5.92. The molecule has 9 heteroatoms. The van der Waals surface area contributed by atoms with Gasteiger partial charge in [0, 0.05) is 37.7 Å². The number of likely N-dealkylation sites (tertiary alicyclic amines) is 1. The molecule has 2 atom stereocenters. The topological polar surface area (TPSA) is 97.1 Å². The van der Waals surface area contributed by atoms with Crippen molar-refractivity contribution in [3.8, 4) is 11.5 Å². The van der Waals surface area contributed by atoms with Gasteiger partial charge in [-0.05, 0) is 48.2 Å². The molecule has 39 heavy (non-hydrogen) atoms. The summed E-state index contributed by atoms with van der Waals surface area (Å²) in [6, 6.07) is 17.6. The van der Waals surface area contributed by atoms with Crippen LogP contribution >= 0.6 is 0 Å². The van der Waals surface area contributed by atoms with Crippen molar-refractivity contribution in [3.05, 3.63) is 77.2 Å². The van der Waals surface area contributed by atoms with Gasteiger partial charge in [0.15, 0.2) is 5.69 Å². The Balaban J connectivity index is 1.25. The molecule has 3 aliphatic rings. The van der Waals surface area contributed by atoms with Crippen LogP contribution < -0.4 is 10.1 Å². The average molecular weight is 531 g/mol. The van der Waals surface area contributed by atoms with Crippen molar-refractivity contribution in [2.45, 2.75) is 63.9 Å². The Morgan fingerprint density at radius 1 is 1.00 bits per heavy atom. The molecule has 204 valence electrons. The number of hydrogen-bond acceptors (Lipinski definition) is 7. The van der Waals surface area contributed by atoms with Gasteiger partial charge >= 0.3 is 0 Å². The zero-order valence-corrected chi connectivity index (χ0v) is 22.3. The minimum absolute atomic E-state index is 0.0696. The maximum absolute atomic E-state index is 13.3. The summed E-state index contributed by atoms with van der Waals surface area (Å²) >= 11 is 0. The van der Waals surface area contributed by atoms with Crippen molar-refractivity contribution < 1.29 is 23.6 Å². The van der Waals surface area contributed by atoms with E-state index >= 15 is 0 Å². The second-order valence-electron chi connectivity index (χ2n) is 11.0. The fraction of sp³-hybridized carbons (Fsp3) is 0.433. The van der Waals surface area contributed by atoms with Gasteiger partial charge in [0.2, 0.25) is 5.91 Å². The van der Waals surface area contributed by atoms with E-state index in [9.17, 15) is 9.59 Å². The fourth-order valence-electron chi connectivity index (χ4n) is 5.24. The molecule has 3 aromatic rings. The number of ether oxygens (including phenoxy) is 2. The second kappa shape index (κ2) is 10.8. The predicted molar refractivity (Wildman–Crippen MR) is 143 cm³/mol. The number of fused-ring (bicyclic) bond motifs is 5. The number of aromatic nitrogens is 1. The number of amides is 2. The number of nitrogens with one attached hydrogen (secondary N) is 1. The maximum atomic E-state index is 13.3. The zero-order valence-electron chi connectivity index (χ0n) is 22.3. The summed E-state index contributed by atoms with van der Waals surface area (Å²) in [5.74, 6) is 2.00. The largest absolute Gasteiger partial charge is 0.457 e. The molecule has 1 aliphatic carbocycles. The minimum Gasteiger partial charge on any atom is -0.457 e. The van der Waals surface area contributed by atoms with Crippen molar-refractivity contribution in [2.24, 2.45) is 0 Å². The van der Waals surface area contributed by atoms with Crippen LogP contribution in [-0.4, -0.2) is 64.6 Å². The molecule has 1 N–H and O–H groups in total. The molecule has 1 saturated carbocycles. The van der Waals surface area contributed by atoms with Gasteiger partial charge < -0.3 is 24.2 Å². The Morgan fingerprint density at radius 3 is 2.46 bits per heavy atom. The number of carbonyl (C=O) groups excluding carboxylic acids is 2. The van der Waals surface area contributed by atoms with Gasteiger partial charge in [-0.2, -0.15) is 0 Å². The fourth-order valence-corrected chi connectivity index (χ4v) is 5.24. The second-order valence-corrected chi connectivity index (χ2v) is 11.0. The third kappa shape index (κ3) is 5.99. The highest BCUT2D eigenvalue weighted by Gasteiger charge is 2.39. The van der Waals surface area contributed by atoms with Crippen molar-refractivity contribution in [1.82, 2.24) is 20.3 Å². The highest BCUT2D eigenvalue weighted by atomic mass is 16.5. The number of rotatable bonds is 3. The monoisotopic (exact) mass is 530 g/mol. The summed E-state index contributed by atoms with van der Waals surface area (Å²) in [6.07, 6.45) is 1.81. The number of hydrogen-bond donors (Lipinski definition) is 1. The smallest absolute Gasteiger partial charge is 0.276 e. The molecule has 2 amide bonds. The molecule has 6 rings (SSSR count). The molecule has 1 aromatic heterocycles. The first kappa shape index (κ1) is 25.6. The first-order chi connectivity index (χ1) is 18.9. The van der Waals surface area contributed by atoms with Crippen LogP contribution in [0.25, 0.3) is 0 Å². The predicted octanol–water partition coefficient (Wildman–Crippen LogP) is 4.09. The van der Waals surface area contributed by atoms with Crippen LogP contribution in [0.3, 0.4) is 0 Å². The van der Waals surface area contributed by atoms with Gasteiger partial charge in [0.05, 0.1) is 25.3 Å². The Labute approximate surface area is 228 Å². The van der Waals surface area contributed by atoms with Gasteiger partial charge in [-0.3, -0.25) is 14.5 Å². The van der Waals surface area contributed by atoms with E-state index in [0.717, 1.165) is 35.5 Å². The SMILES string of the molecule is CC(C)c1cc(C(=O)N2C[C@@H]3NC(=O)CN(C4CC4)Cc4cccc(c4)Oc4cccc(c4)CO[C@H]3C2)no1. The maximum Gasteiger partial charge on any atom is 0.276 e. The van der Waals surface area contributed by atoms with E-state index in [-0.39, 0.29) is 42.1 Å². The lowest BCUT2D eigenvalue weighted by atomic mass is 10.1. The minimum atomic E-state index is -0.367. The van der Waals surface area contributed by atoms with Crippen LogP contribution in [0, 0.1) is 0 Å². The molecule has 2 fully saturated rings. The summed E-state index contributed by atoms with van der Waals surface area (Å²) in [4.78, 5) is 30.5. The highest BCUT2D eigenvalue weighted by Crippen LogP contribution is 2.30. The van der Waals surface area contributed by atoms with Gasteiger partial charge in [-0.1, -0.05) is 43.3 Å². The Bertz CT molecular complexity index is 1350. The van der Waals surface area contributed by atoms with Crippen LogP contribution in [0.4, 0.5) is 0 Å². The standard InChI is InChI=1S/C30H34N4O5/c1-19(2)27-13-25(32-39-27)30(36)34-15-26-28(16-34)37-18-21-6-4-8-24(12-21)38-23-7-3-5-20(11-23)14-33(22-9-10-22)17-29(35)31-26/h3-8,11-13,19,22,26,28H,9-10,14-18H2,1-2H3,(H,31,35)/t26-,28-/m0/s1. The lowest BCUT2D eigenvalue weighted by Crippen LogP contribution is -2.48. The lowest BCUT2D eigenvalue weighted by Gasteiger charge is -2.25. The van der Waals surface area contributed by atoms with E-state index in [1.54, 1.807) is 11.0 Å². The first-order valence-corrected chi connectivity index (χ1v) is 13.7. The lowest BCUT2D eigenvalue weighted by molar-refractivity contribution is -0.124. The molecular weight excluding hydrogens is 496 g/mol. The summed E-state index contributed by atoms with van der Waals surface area (Å²) in [5.41, 5.74) is 2.32. The van der Waals surface area contributed by atoms with Gasteiger partial charge in [-0.25, -0.2) is 0 Å². The number of carbonyl (C=O) groups is 2. The van der Waals surface area contributed by atoms with Gasteiger partial charge in [0.25, 0.3) is 5.91 Å². The normalized spacial score (nSPS) is 22.3. The molecule has 0 radical (unpaired) electrons. The molecule has 4 bridgehead atoms. The number of benzene rings is 2.